The van der Waals surface area contributed by atoms with Crippen LogP contribution >= 0.6 is 0 Å². The van der Waals surface area contributed by atoms with Crippen LogP contribution in [0.2, 0.25) is 0 Å². The summed E-state index contributed by atoms with van der Waals surface area (Å²) in [5.74, 6) is -1.20. The van der Waals surface area contributed by atoms with Crippen LogP contribution in [0.5, 0.6) is 0 Å². The lowest BCUT2D eigenvalue weighted by Gasteiger charge is -2.42. The quantitative estimate of drug-likeness (QED) is 0.351. The zero-order valence-corrected chi connectivity index (χ0v) is 23.0. The van der Waals surface area contributed by atoms with Crippen LogP contribution in [0.3, 0.4) is 0 Å². The summed E-state index contributed by atoms with van der Waals surface area (Å²) in [5.41, 5.74) is 7.53. The van der Waals surface area contributed by atoms with Crippen molar-refractivity contribution in [3.05, 3.63) is 36.0 Å². The molecule has 2 saturated heterocycles. The van der Waals surface area contributed by atoms with Crippen LogP contribution in [0.25, 0.3) is 10.9 Å². The molecule has 0 bridgehead atoms. The maximum atomic E-state index is 13.8. The van der Waals surface area contributed by atoms with Crippen LogP contribution in [0, 0.1) is 5.92 Å². The van der Waals surface area contributed by atoms with Crippen molar-refractivity contribution in [1.29, 1.82) is 0 Å². The highest BCUT2D eigenvalue weighted by molar-refractivity contribution is 5.93. The van der Waals surface area contributed by atoms with Gasteiger partial charge in [0, 0.05) is 48.6 Å². The molecule has 11 nitrogen and oxygen atoms in total. The number of rotatable bonds is 7. The molecular weight excluding hydrogens is 510 g/mol. The third-order valence-corrected chi connectivity index (χ3v) is 8.64. The fourth-order valence-corrected chi connectivity index (χ4v) is 6.29. The number of H-pyrrole nitrogens is 1. The summed E-state index contributed by atoms with van der Waals surface area (Å²) in [6.07, 6.45) is 8.69. The molecule has 3 heterocycles. The van der Waals surface area contributed by atoms with E-state index in [0.29, 0.717) is 6.54 Å². The molecule has 1 aromatic heterocycles. The SMILES string of the molecule is NC(=O)C(Cc1c[nH]c2ccccc12)NC(=O)C1CN(C(=O)C2CCNCC2)CCN1C(=O)NC1CCCCC1. The molecule has 5 rings (SSSR count). The molecule has 216 valence electrons. The van der Waals surface area contributed by atoms with E-state index in [1.807, 2.05) is 30.5 Å². The monoisotopic (exact) mass is 551 g/mol. The summed E-state index contributed by atoms with van der Waals surface area (Å²) >= 11 is 0. The number of piperidine rings is 1. The number of piperazine rings is 1. The molecule has 2 aromatic rings. The number of carbonyl (C=O) groups excluding carboxylic acids is 4. The number of hydrogen-bond acceptors (Lipinski definition) is 5. The number of nitrogens with zero attached hydrogens (tertiary/aromatic N) is 2. The van der Waals surface area contributed by atoms with E-state index in [-0.39, 0.29) is 43.4 Å². The molecule has 2 unspecified atom stereocenters. The third kappa shape index (κ3) is 6.41. The van der Waals surface area contributed by atoms with E-state index >= 15 is 0 Å². The van der Waals surface area contributed by atoms with Crippen molar-refractivity contribution in [2.45, 2.75) is 69.5 Å². The molecule has 1 aromatic carbocycles. The molecule has 0 spiro atoms. The number of fused-ring (bicyclic) bond motifs is 1. The Labute approximate surface area is 234 Å². The third-order valence-electron chi connectivity index (χ3n) is 8.64. The Morgan fingerprint density at radius 1 is 1.00 bits per heavy atom. The van der Waals surface area contributed by atoms with E-state index in [1.54, 1.807) is 4.90 Å². The van der Waals surface area contributed by atoms with E-state index in [4.69, 9.17) is 5.73 Å². The fraction of sp³-hybridized carbons (Fsp3) is 0.586. The number of aromatic amines is 1. The lowest BCUT2D eigenvalue weighted by molar-refractivity contribution is -0.141. The summed E-state index contributed by atoms with van der Waals surface area (Å²) < 4.78 is 0. The van der Waals surface area contributed by atoms with Crippen molar-refractivity contribution in [3.8, 4) is 0 Å². The molecule has 40 heavy (non-hydrogen) atoms. The summed E-state index contributed by atoms with van der Waals surface area (Å²) in [5, 5.41) is 10.2. The number of para-hydroxylation sites is 1. The molecular formula is C29H41N7O4. The van der Waals surface area contributed by atoms with E-state index in [9.17, 15) is 19.2 Å². The van der Waals surface area contributed by atoms with Gasteiger partial charge in [0.1, 0.15) is 12.1 Å². The molecule has 3 aliphatic rings. The molecule has 5 amide bonds. The number of nitrogens with one attached hydrogen (secondary N) is 4. The number of carbonyl (C=O) groups is 4. The summed E-state index contributed by atoms with van der Waals surface area (Å²) in [7, 11) is 0. The van der Waals surface area contributed by atoms with Crippen LogP contribution in [-0.2, 0) is 20.8 Å². The molecule has 11 heteroatoms. The average Bonchev–Trinajstić information content (AvgIpc) is 3.39. The topological polar surface area (TPSA) is 153 Å². The van der Waals surface area contributed by atoms with Gasteiger partial charge < -0.3 is 36.5 Å². The number of nitrogens with two attached hydrogens (primary N) is 1. The Balaban J connectivity index is 1.32. The molecule has 1 aliphatic carbocycles. The van der Waals surface area contributed by atoms with E-state index in [1.165, 1.54) is 11.3 Å². The molecule has 1 saturated carbocycles. The summed E-state index contributed by atoms with van der Waals surface area (Å²) in [4.78, 5) is 59.4. The van der Waals surface area contributed by atoms with Gasteiger partial charge in [-0.25, -0.2) is 4.79 Å². The maximum absolute atomic E-state index is 13.8. The largest absolute Gasteiger partial charge is 0.368 e. The lowest BCUT2D eigenvalue weighted by atomic mass is 9.95. The smallest absolute Gasteiger partial charge is 0.318 e. The lowest BCUT2D eigenvalue weighted by Crippen LogP contribution is -2.65. The van der Waals surface area contributed by atoms with E-state index in [0.717, 1.165) is 68.1 Å². The van der Waals surface area contributed by atoms with Crippen molar-refractivity contribution in [1.82, 2.24) is 30.7 Å². The normalized spacial score (nSPS) is 21.6. The molecule has 3 fully saturated rings. The van der Waals surface area contributed by atoms with Gasteiger partial charge in [-0.2, -0.15) is 0 Å². The first-order valence-electron chi connectivity index (χ1n) is 14.6. The van der Waals surface area contributed by atoms with Gasteiger partial charge >= 0.3 is 6.03 Å². The van der Waals surface area contributed by atoms with Crippen LogP contribution in [0.4, 0.5) is 4.79 Å². The molecule has 0 radical (unpaired) electrons. The Hall–Kier alpha value is -3.60. The van der Waals surface area contributed by atoms with Crippen LogP contribution in [0.1, 0.15) is 50.5 Å². The number of benzene rings is 1. The van der Waals surface area contributed by atoms with Crippen molar-refractivity contribution in [2.24, 2.45) is 11.7 Å². The highest BCUT2D eigenvalue weighted by Crippen LogP contribution is 2.22. The zero-order valence-electron chi connectivity index (χ0n) is 23.0. The van der Waals surface area contributed by atoms with E-state index in [2.05, 4.69) is 20.9 Å². The minimum absolute atomic E-state index is 0.0249. The van der Waals surface area contributed by atoms with Crippen LogP contribution in [-0.4, -0.2) is 89.4 Å². The highest BCUT2D eigenvalue weighted by Gasteiger charge is 2.40. The van der Waals surface area contributed by atoms with Gasteiger partial charge in [0.05, 0.1) is 6.54 Å². The Bertz CT molecular complexity index is 1220. The Morgan fingerprint density at radius 2 is 1.75 bits per heavy atom. The van der Waals surface area contributed by atoms with Crippen molar-refractivity contribution >= 4 is 34.7 Å². The van der Waals surface area contributed by atoms with Crippen LogP contribution in [0.15, 0.2) is 30.5 Å². The Kier molecular flexibility index (Phi) is 8.88. The van der Waals surface area contributed by atoms with Gasteiger partial charge in [-0.15, -0.1) is 0 Å². The minimum atomic E-state index is -0.967. The first-order valence-corrected chi connectivity index (χ1v) is 14.6. The second-order valence-corrected chi connectivity index (χ2v) is 11.3. The second-order valence-electron chi connectivity index (χ2n) is 11.3. The molecule has 2 aliphatic heterocycles. The van der Waals surface area contributed by atoms with Gasteiger partial charge in [0.25, 0.3) is 0 Å². The number of primary amides is 1. The first-order chi connectivity index (χ1) is 19.4. The standard InChI is InChI=1S/C29H41N7O4/c30-26(37)24(16-20-17-32-23-9-5-4-8-22(20)23)34-27(38)25-18-35(28(39)19-10-12-31-13-11-19)14-15-36(25)29(40)33-21-6-2-1-3-7-21/h4-5,8-9,17,19,21,24-25,31-32H,1-3,6-7,10-16,18H2,(H2,30,37)(H,33,40)(H,34,38). The number of hydrogen-bond donors (Lipinski definition) is 5. The number of amides is 5. The minimum Gasteiger partial charge on any atom is -0.368 e. The van der Waals surface area contributed by atoms with Gasteiger partial charge in [0.2, 0.25) is 17.7 Å². The predicted molar refractivity (Wildman–Crippen MR) is 151 cm³/mol. The van der Waals surface area contributed by atoms with Gasteiger partial charge in [-0.3, -0.25) is 14.4 Å². The van der Waals surface area contributed by atoms with Gasteiger partial charge in [0.15, 0.2) is 0 Å². The first kappa shape index (κ1) is 27.9. The number of aromatic nitrogens is 1. The maximum Gasteiger partial charge on any atom is 0.318 e. The highest BCUT2D eigenvalue weighted by atomic mass is 16.2. The van der Waals surface area contributed by atoms with Gasteiger partial charge in [-0.1, -0.05) is 37.5 Å². The zero-order chi connectivity index (χ0) is 28.1. The van der Waals surface area contributed by atoms with E-state index < -0.39 is 23.9 Å². The summed E-state index contributed by atoms with van der Waals surface area (Å²) in [6.45, 7) is 2.29. The predicted octanol–water partition coefficient (Wildman–Crippen LogP) is 1.24. The summed E-state index contributed by atoms with van der Waals surface area (Å²) in [6, 6.07) is 5.62. The van der Waals surface area contributed by atoms with Gasteiger partial charge in [-0.05, 0) is 50.4 Å². The Morgan fingerprint density at radius 3 is 2.50 bits per heavy atom. The average molecular weight is 552 g/mol. The molecule has 2 atom stereocenters. The second kappa shape index (κ2) is 12.7. The fourth-order valence-electron chi connectivity index (χ4n) is 6.29. The van der Waals surface area contributed by atoms with Crippen molar-refractivity contribution in [3.63, 3.8) is 0 Å². The number of urea groups is 1. The van der Waals surface area contributed by atoms with Crippen molar-refractivity contribution in [2.75, 3.05) is 32.7 Å². The molecule has 6 N–H and O–H groups in total. The van der Waals surface area contributed by atoms with Crippen molar-refractivity contribution < 1.29 is 19.2 Å². The van der Waals surface area contributed by atoms with Crippen LogP contribution < -0.4 is 21.7 Å².